The maximum atomic E-state index is 5.02. The monoisotopic (exact) mass is 188 g/mol. The Kier molecular flexibility index (Phi) is 2.45. The van der Waals surface area contributed by atoms with E-state index in [1.54, 1.807) is 18.5 Å². The standard InChI is InChI=1S/C5H5BrN2O/c6-4-9-5-1-2-7-8-3-5/h1-3H,4H2. The molecule has 0 fully saturated rings. The van der Waals surface area contributed by atoms with Crippen LogP contribution in [0.3, 0.4) is 0 Å². The van der Waals surface area contributed by atoms with Crippen molar-refractivity contribution in [3.63, 3.8) is 0 Å². The van der Waals surface area contributed by atoms with Crippen LogP contribution in [0.4, 0.5) is 0 Å². The molecule has 0 aromatic carbocycles. The number of hydrogen-bond donors (Lipinski definition) is 0. The Hall–Kier alpha value is -0.640. The summed E-state index contributed by atoms with van der Waals surface area (Å²) >= 11 is 3.12. The van der Waals surface area contributed by atoms with E-state index in [0.29, 0.717) is 5.52 Å². The van der Waals surface area contributed by atoms with E-state index in [1.807, 2.05) is 0 Å². The molecule has 9 heavy (non-hydrogen) atoms. The van der Waals surface area contributed by atoms with Gasteiger partial charge >= 0.3 is 0 Å². The van der Waals surface area contributed by atoms with Gasteiger partial charge in [0.2, 0.25) is 0 Å². The fourth-order valence-corrected chi connectivity index (χ4v) is 0.691. The van der Waals surface area contributed by atoms with Crippen LogP contribution in [0, 0.1) is 0 Å². The maximum absolute atomic E-state index is 5.02. The third-order valence-electron chi connectivity index (χ3n) is 0.778. The van der Waals surface area contributed by atoms with Gasteiger partial charge in [-0.3, -0.25) is 0 Å². The third-order valence-corrected chi connectivity index (χ3v) is 1.01. The summed E-state index contributed by atoms with van der Waals surface area (Å²) in [6.07, 6.45) is 3.14. The first-order chi connectivity index (χ1) is 4.43. The highest BCUT2D eigenvalue weighted by molar-refractivity contribution is 9.09. The van der Waals surface area contributed by atoms with E-state index >= 15 is 0 Å². The van der Waals surface area contributed by atoms with E-state index in [9.17, 15) is 0 Å². The molecule has 0 bridgehead atoms. The first kappa shape index (κ1) is 6.48. The van der Waals surface area contributed by atoms with Crippen LogP contribution in [0.25, 0.3) is 0 Å². The van der Waals surface area contributed by atoms with Gasteiger partial charge < -0.3 is 4.74 Å². The number of aromatic nitrogens is 2. The predicted molar refractivity (Wildman–Crippen MR) is 36.5 cm³/mol. The molecule has 48 valence electrons. The normalized spacial score (nSPS) is 9.00. The van der Waals surface area contributed by atoms with Crippen molar-refractivity contribution < 1.29 is 4.74 Å². The molecule has 1 heterocycles. The second-order valence-electron chi connectivity index (χ2n) is 1.33. The van der Waals surface area contributed by atoms with Gasteiger partial charge in [0.25, 0.3) is 0 Å². The molecule has 0 aliphatic heterocycles. The SMILES string of the molecule is BrCOc1ccnnc1. The number of hydrogen-bond acceptors (Lipinski definition) is 3. The summed E-state index contributed by atoms with van der Waals surface area (Å²) in [5.41, 5.74) is 0.485. The van der Waals surface area contributed by atoms with E-state index < -0.39 is 0 Å². The fourth-order valence-electron chi connectivity index (χ4n) is 0.427. The number of rotatable bonds is 2. The topological polar surface area (TPSA) is 35.0 Å². The molecule has 1 aromatic heterocycles. The van der Waals surface area contributed by atoms with Crippen LogP contribution in [0.5, 0.6) is 5.75 Å². The highest BCUT2D eigenvalue weighted by Gasteiger charge is 1.86. The minimum Gasteiger partial charge on any atom is -0.481 e. The Morgan fingerprint density at radius 1 is 1.56 bits per heavy atom. The first-order valence-corrected chi connectivity index (χ1v) is 3.51. The number of nitrogens with zero attached hydrogens (tertiary/aromatic N) is 2. The minimum absolute atomic E-state index is 0.485. The molecule has 1 rings (SSSR count). The van der Waals surface area contributed by atoms with E-state index in [4.69, 9.17) is 4.74 Å². The summed E-state index contributed by atoms with van der Waals surface area (Å²) in [5, 5.41) is 7.19. The van der Waals surface area contributed by atoms with Crippen LogP contribution < -0.4 is 4.74 Å². The molecule has 3 nitrogen and oxygen atoms in total. The quantitative estimate of drug-likeness (QED) is 0.655. The lowest BCUT2D eigenvalue weighted by Crippen LogP contribution is -1.89. The lowest BCUT2D eigenvalue weighted by molar-refractivity contribution is 0.395. The first-order valence-electron chi connectivity index (χ1n) is 2.39. The fraction of sp³-hybridized carbons (Fsp3) is 0.200. The number of alkyl halides is 1. The molecule has 0 radical (unpaired) electrons. The van der Waals surface area contributed by atoms with Crippen molar-refractivity contribution in [1.29, 1.82) is 0 Å². The summed E-state index contributed by atoms with van der Waals surface area (Å²) in [6, 6.07) is 1.74. The largest absolute Gasteiger partial charge is 0.481 e. The van der Waals surface area contributed by atoms with Crippen LogP contribution in [-0.4, -0.2) is 15.7 Å². The van der Waals surface area contributed by atoms with Gasteiger partial charge in [-0.1, -0.05) is 0 Å². The van der Waals surface area contributed by atoms with Gasteiger partial charge in [0.15, 0.2) is 0 Å². The van der Waals surface area contributed by atoms with Crippen LogP contribution in [0.2, 0.25) is 0 Å². The summed E-state index contributed by atoms with van der Waals surface area (Å²) in [7, 11) is 0. The van der Waals surface area contributed by atoms with Gasteiger partial charge in [0.05, 0.1) is 12.4 Å². The summed E-state index contributed by atoms with van der Waals surface area (Å²) in [5.74, 6) is 0.724. The van der Waals surface area contributed by atoms with Crippen LogP contribution in [0.1, 0.15) is 0 Å². The van der Waals surface area contributed by atoms with Gasteiger partial charge in [-0.25, -0.2) is 0 Å². The molecule has 0 saturated heterocycles. The Balaban J connectivity index is 2.61. The molecule has 1 aromatic rings. The molecular formula is C5H5BrN2O. The maximum Gasteiger partial charge on any atom is 0.143 e. The van der Waals surface area contributed by atoms with Crippen molar-refractivity contribution in [2.45, 2.75) is 0 Å². The van der Waals surface area contributed by atoms with Crippen molar-refractivity contribution in [3.05, 3.63) is 18.5 Å². The van der Waals surface area contributed by atoms with Gasteiger partial charge in [-0.05, 0) is 15.9 Å². The summed E-state index contributed by atoms with van der Waals surface area (Å²) < 4.78 is 5.02. The van der Waals surface area contributed by atoms with E-state index in [2.05, 4.69) is 26.1 Å². The summed E-state index contributed by atoms with van der Waals surface area (Å²) in [6.45, 7) is 0. The average Bonchev–Trinajstić information content (AvgIpc) is 1.91. The summed E-state index contributed by atoms with van der Waals surface area (Å²) in [4.78, 5) is 0. The second kappa shape index (κ2) is 3.40. The average molecular weight is 189 g/mol. The van der Waals surface area contributed by atoms with E-state index in [0.717, 1.165) is 5.75 Å². The van der Waals surface area contributed by atoms with Crippen LogP contribution >= 0.6 is 15.9 Å². The smallest absolute Gasteiger partial charge is 0.143 e. The number of halogens is 1. The van der Waals surface area contributed by atoms with Crippen molar-refractivity contribution >= 4 is 15.9 Å². The van der Waals surface area contributed by atoms with Crippen molar-refractivity contribution in [2.75, 3.05) is 5.52 Å². The molecule has 0 atom stereocenters. The molecule has 0 spiro atoms. The van der Waals surface area contributed by atoms with E-state index in [1.165, 1.54) is 0 Å². The third kappa shape index (κ3) is 1.97. The zero-order valence-corrected chi connectivity index (χ0v) is 6.21. The van der Waals surface area contributed by atoms with Gasteiger partial charge in [-0.2, -0.15) is 10.2 Å². The Bertz CT molecular complexity index is 168. The lowest BCUT2D eigenvalue weighted by atomic mass is 10.5. The molecule has 0 aliphatic rings. The molecular weight excluding hydrogens is 184 g/mol. The molecule has 0 N–H and O–H groups in total. The molecule has 0 amide bonds. The zero-order valence-electron chi connectivity index (χ0n) is 4.62. The highest BCUT2D eigenvalue weighted by Crippen LogP contribution is 2.04. The van der Waals surface area contributed by atoms with Gasteiger partial charge in [0.1, 0.15) is 11.3 Å². The van der Waals surface area contributed by atoms with Crippen molar-refractivity contribution in [2.24, 2.45) is 0 Å². The number of ether oxygens (including phenoxy) is 1. The minimum atomic E-state index is 0.485. The Morgan fingerprint density at radius 3 is 3.00 bits per heavy atom. The predicted octanol–water partition coefficient (Wildman–Crippen LogP) is 1.21. The van der Waals surface area contributed by atoms with Gasteiger partial charge in [0, 0.05) is 6.07 Å². The molecule has 0 aliphatic carbocycles. The van der Waals surface area contributed by atoms with Crippen molar-refractivity contribution in [3.8, 4) is 5.75 Å². The van der Waals surface area contributed by atoms with Crippen molar-refractivity contribution in [1.82, 2.24) is 10.2 Å². The molecule has 4 heteroatoms. The molecule has 0 saturated carbocycles. The zero-order chi connectivity index (χ0) is 6.53. The molecule has 0 unspecified atom stereocenters. The van der Waals surface area contributed by atoms with Crippen LogP contribution in [0.15, 0.2) is 18.5 Å². The van der Waals surface area contributed by atoms with Gasteiger partial charge in [-0.15, -0.1) is 0 Å². The second-order valence-corrected chi connectivity index (χ2v) is 1.79. The lowest BCUT2D eigenvalue weighted by Gasteiger charge is -1.96. The Labute approximate surface area is 61.2 Å². The van der Waals surface area contributed by atoms with E-state index in [-0.39, 0.29) is 0 Å². The van der Waals surface area contributed by atoms with Crippen LogP contribution in [-0.2, 0) is 0 Å². The Morgan fingerprint density at radius 2 is 2.44 bits per heavy atom. The highest BCUT2D eigenvalue weighted by atomic mass is 79.9.